The number of rotatable bonds is 2. The van der Waals surface area contributed by atoms with Crippen molar-refractivity contribution in [3.8, 4) is 0 Å². The monoisotopic (exact) mass is 280 g/mol. The maximum Gasteiger partial charge on any atom is 0.238 e. The molecule has 2 rings (SSSR count). The molecular weight excluding hydrogens is 264 g/mol. The van der Waals surface area contributed by atoms with E-state index in [2.05, 4.69) is 0 Å². The van der Waals surface area contributed by atoms with E-state index in [0.29, 0.717) is 0 Å². The lowest BCUT2D eigenvalue weighted by Gasteiger charge is -2.23. The molecule has 5 nitrogen and oxygen atoms in total. The standard InChI is InChI=1S/C13H16N2O3S/c1-13(2)10-8-9(19(14,17)18)4-5-11(10)15(3)12(13)6-7-16/h4-8H,1-3H3,(H2,14,17,18). The minimum absolute atomic E-state index is 0.0834. The van der Waals surface area contributed by atoms with Crippen molar-refractivity contribution in [3.05, 3.63) is 35.5 Å². The predicted octanol–water partition coefficient (Wildman–Crippen LogP) is 1.14. The van der Waals surface area contributed by atoms with E-state index in [9.17, 15) is 13.2 Å². The van der Waals surface area contributed by atoms with Crippen LogP contribution in [-0.2, 0) is 20.2 Å². The Morgan fingerprint density at radius 2 is 1.95 bits per heavy atom. The number of aldehydes is 1. The molecule has 1 aliphatic heterocycles. The molecule has 0 saturated carbocycles. The zero-order valence-electron chi connectivity index (χ0n) is 11.0. The van der Waals surface area contributed by atoms with Crippen LogP contribution in [0.15, 0.2) is 34.9 Å². The quantitative estimate of drug-likeness (QED) is 0.651. The van der Waals surface area contributed by atoms with Gasteiger partial charge in [-0.1, -0.05) is 13.8 Å². The first-order valence-corrected chi connectivity index (χ1v) is 7.31. The number of nitrogens with two attached hydrogens (primary N) is 1. The summed E-state index contributed by atoms with van der Waals surface area (Å²) in [5, 5.41) is 5.16. The number of carbonyl (C=O) groups excluding carboxylic acids is 1. The van der Waals surface area contributed by atoms with Crippen molar-refractivity contribution in [2.75, 3.05) is 11.9 Å². The Hall–Kier alpha value is -1.66. The molecule has 0 fully saturated rings. The lowest BCUT2D eigenvalue weighted by molar-refractivity contribution is -0.104. The minimum Gasteiger partial charge on any atom is -0.347 e. The van der Waals surface area contributed by atoms with Crippen molar-refractivity contribution in [1.82, 2.24) is 0 Å². The first-order valence-electron chi connectivity index (χ1n) is 5.76. The minimum atomic E-state index is -3.73. The molecule has 0 bridgehead atoms. The molecule has 0 amide bonds. The summed E-state index contributed by atoms with van der Waals surface area (Å²) in [6, 6.07) is 4.76. The van der Waals surface area contributed by atoms with Gasteiger partial charge in [0.05, 0.1) is 4.90 Å². The molecule has 0 aliphatic carbocycles. The summed E-state index contributed by atoms with van der Waals surface area (Å²) in [4.78, 5) is 12.7. The van der Waals surface area contributed by atoms with E-state index in [4.69, 9.17) is 5.14 Å². The van der Waals surface area contributed by atoms with E-state index < -0.39 is 15.4 Å². The third-order valence-corrected chi connectivity index (χ3v) is 4.47. The van der Waals surface area contributed by atoms with Crippen LogP contribution < -0.4 is 10.0 Å². The Kier molecular flexibility index (Phi) is 3.03. The van der Waals surface area contributed by atoms with Gasteiger partial charge in [0.25, 0.3) is 0 Å². The van der Waals surface area contributed by atoms with Crippen molar-refractivity contribution >= 4 is 22.0 Å². The average molecular weight is 280 g/mol. The molecule has 0 spiro atoms. The first-order chi connectivity index (χ1) is 8.69. The van der Waals surface area contributed by atoms with Crippen LogP contribution in [0.3, 0.4) is 0 Å². The summed E-state index contributed by atoms with van der Waals surface area (Å²) in [5.41, 5.74) is 2.11. The molecule has 19 heavy (non-hydrogen) atoms. The zero-order chi connectivity index (χ0) is 14.4. The van der Waals surface area contributed by atoms with Gasteiger partial charge in [0.15, 0.2) is 0 Å². The Bertz CT molecular complexity index is 675. The van der Waals surface area contributed by atoms with Crippen LogP contribution in [0.5, 0.6) is 0 Å². The fraction of sp³-hybridized carbons (Fsp3) is 0.308. The number of nitrogens with zero attached hydrogens (tertiary/aromatic N) is 1. The molecule has 1 aromatic rings. The summed E-state index contributed by atoms with van der Waals surface area (Å²) in [5.74, 6) is 0. The number of allylic oxidation sites excluding steroid dienone is 2. The number of fused-ring (bicyclic) bond motifs is 1. The fourth-order valence-corrected chi connectivity index (χ4v) is 3.10. The Morgan fingerprint density at radius 3 is 2.47 bits per heavy atom. The Morgan fingerprint density at radius 1 is 1.32 bits per heavy atom. The molecule has 2 N–H and O–H groups in total. The Balaban J connectivity index is 2.70. The van der Waals surface area contributed by atoms with Crippen molar-refractivity contribution in [2.24, 2.45) is 5.14 Å². The fourth-order valence-electron chi connectivity index (χ4n) is 2.56. The van der Waals surface area contributed by atoms with Crippen LogP contribution in [0.4, 0.5) is 5.69 Å². The molecule has 0 radical (unpaired) electrons. The molecule has 1 aromatic carbocycles. The molecule has 0 unspecified atom stereocenters. The lowest BCUT2D eigenvalue weighted by atomic mass is 9.84. The first kappa shape index (κ1) is 13.8. The van der Waals surface area contributed by atoms with E-state index in [1.807, 2.05) is 25.8 Å². The van der Waals surface area contributed by atoms with Crippen LogP contribution in [0, 0.1) is 0 Å². The number of hydrogen-bond donors (Lipinski definition) is 1. The van der Waals surface area contributed by atoms with Crippen molar-refractivity contribution in [3.63, 3.8) is 0 Å². The predicted molar refractivity (Wildman–Crippen MR) is 73.4 cm³/mol. The maximum absolute atomic E-state index is 11.4. The summed E-state index contributed by atoms with van der Waals surface area (Å²) in [7, 11) is -1.88. The number of sulfonamides is 1. The summed E-state index contributed by atoms with van der Waals surface area (Å²) < 4.78 is 22.9. The number of likely N-dealkylation sites (N-methyl/N-ethyl adjacent to an activating group) is 1. The van der Waals surface area contributed by atoms with Crippen LogP contribution >= 0.6 is 0 Å². The summed E-state index contributed by atoms with van der Waals surface area (Å²) >= 11 is 0. The summed E-state index contributed by atoms with van der Waals surface area (Å²) in [6.45, 7) is 3.88. The van der Waals surface area contributed by atoms with Gasteiger partial charge in [-0.15, -0.1) is 0 Å². The van der Waals surface area contributed by atoms with E-state index in [0.717, 1.165) is 23.2 Å². The molecule has 102 valence electrons. The highest BCUT2D eigenvalue weighted by Gasteiger charge is 2.38. The number of carbonyl (C=O) groups is 1. The summed E-state index contributed by atoms with van der Waals surface area (Å²) in [6.07, 6.45) is 2.23. The highest BCUT2D eigenvalue weighted by molar-refractivity contribution is 7.89. The van der Waals surface area contributed by atoms with Crippen LogP contribution in [0.25, 0.3) is 0 Å². The maximum atomic E-state index is 11.4. The van der Waals surface area contributed by atoms with Gasteiger partial charge in [0, 0.05) is 23.8 Å². The highest BCUT2D eigenvalue weighted by Crippen LogP contribution is 2.47. The van der Waals surface area contributed by atoms with Crippen LogP contribution in [0.2, 0.25) is 0 Å². The van der Waals surface area contributed by atoms with Crippen LogP contribution in [0.1, 0.15) is 19.4 Å². The van der Waals surface area contributed by atoms with Gasteiger partial charge < -0.3 is 4.90 Å². The lowest BCUT2D eigenvalue weighted by Crippen LogP contribution is -2.23. The van der Waals surface area contributed by atoms with E-state index in [-0.39, 0.29) is 4.90 Å². The van der Waals surface area contributed by atoms with E-state index in [1.165, 1.54) is 12.1 Å². The molecular formula is C13H16N2O3S. The molecule has 0 aromatic heterocycles. The third kappa shape index (κ3) is 2.06. The van der Waals surface area contributed by atoms with E-state index in [1.54, 1.807) is 12.1 Å². The molecule has 6 heteroatoms. The smallest absolute Gasteiger partial charge is 0.238 e. The van der Waals surface area contributed by atoms with Gasteiger partial charge in [-0.25, -0.2) is 13.6 Å². The molecule has 0 saturated heterocycles. The second kappa shape index (κ2) is 4.18. The van der Waals surface area contributed by atoms with Crippen molar-refractivity contribution < 1.29 is 13.2 Å². The van der Waals surface area contributed by atoms with Gasteiger partial charge >= 0.3 is 0 Å². The van der Waals surface area contributed by atoms with E-state index >= 15 is 0 Å². The second-order valence-corrected chi connectivity index (χ2v) is 6.66. The van der Waals surface area contributed by atoms with Crippen molar-refractivity contribution in [1.29, 1.82) is 0 Å². The number of primary sulfonamides is 1. The molecule has 1 aliphatic rings. The number of benzene rings is 1. The zero-order valence-corrected chi connectivity index (χ0v) is 11.9. The second-order valence-electron chi connectivity index (χ2n) is 5.10. The SMILES string of the molecule is CN1C(=CC=O)C(C)(C)c2cc(S(N)(=O)=O)ccc21. The number of hydrogen-bond acceptors (Lipinski definition) is 4. The molecule has 0 atom stereocenters. The highest BCUT2D eigenvalue weighted by atomic mass is 32.2. The topological polar surface area (TPSA) is 80.5 Å². The molecule has 1 heterocycles. The van der Waals surface area contributed by atoms with Crippen molar-refractivity contribution in [2.45, 2.75) is 24.2 Å². The van der Waals surface area contributed by atoms with Crippen LogP contribution in [-0.4, -0.2) is 21.8 Å². The average Bonchev–Trinajstić information content (AvgIpc) is 2.50. The third-order valence-electron chi connectivity index (χ3n) is 3.56. The van der Waals surface area contributed by atoms with Gasteiger partial charge in [-0.2, -0.15) is 0 Å². The Labute approximate surface area is 112 Å². The number of anilines is 1. The van der Waals surface area contributed by atoms with Gasteiger partial charge in [0.1, 0.15) is 6.29 Å². The van der Waals surface area contributed by atoms with Gasteiger partial charge in [-0.3, -0.25) is 4.79 Å². The van der Waals surface area contributed by atoms with Gasteiger partial charge in [-0.05, 0) is 29.8 Å². The normalized spacial score (nSPS) is 19.6. The van der Waals surface area contributed by atoms with Gasteiger partial charge in [0.2, 0.25) is 10.0 Å². The largest absolute Gasteiger partial charge is 0.347 e.